The van der Waals surface area contributed by atoms with Crippen LogP contribution in [0.15, 0.2) is 65.7 Å². The third kappa shape index (κ3) is 5.61. The Bertz CT molecular complexity index is 1520. The quantitative estimate of drug-likeness (QED) is 0.228. The van der Waals surface area contributed by atoms with Crippen LogP contribution in [0.2, 0.25) is 0 Å². The minimum absolute atomic E-state index is 0.270. The largest absolute Gasteiger partial charge is 0.490 e. The Morgan fingerprint density at radius 1 is 1.03 bits per heavy atom. The fourth-order valence-electron chi connectivity index (χ4n) is 5.13. The van der Waals surface area contributed by atoms with E-state index < -0.39 is 0 Å². The first-order valence-corrected chi connectivity index (χ1v) is 14.1. The molecule has 3 aromatic carbocycles. The molecule has 0 saturated heterocycles. The van der Waals surface area contributed by atoms with E-state index in [4.69, 9.17) is 14.5 Å². The van der Waals surface area contributed by atoms with Crippen molar-refractivity contribution in [3.63, 3.8) is 0 Å². The Morgan fingerprint density at radius 3 is 2.61 bits per heavy atom. The van der Waals surface area contributed by atoms with Crippen LogP contribution in [0.5, 0.6) is 11.5 Å². The number of rotatable bonds is 7. The van der Waals surface area contributed by atoms with Gasteiger partial charge in [0.05, 0.1) is 12.2 Å². The molecule has 1 atom stereocenters. The predicted octanol–water partition coefficient (Wildman–Crippen LogP) is 8.65. The van der Waals surface area contributed by atoms with E-state index in [1.54, 1.807) is 11.3 Å². The van der Waals surface area contributed by atoms with Crippen molar-refractivity contribution in [1.82, 2.24) is 0 Å². The molecular weight excluding hydrogens is 488 g/mol. The normalized spacial score (nSPS) is 15.4. The first kappa shape index (κ1) is 26.0. The van der Waals surface area contributed by atoms with Gasteiger partial charge in [0.2, 0.25) is 0 Å². The van der Waals surface area contributed by atoms with E-state index in [1.807, 2.05) is 43.5 Å². The number of thiophene rings is 1. The number of hydrogen-bond acceptors (Lipinski definition) is 5. The van der Waals surface area contributed by atoms with Crippen molar-refractivity contribution in [3.8, 4) is 17.6 Å². The summed E-state index contributed by atoms with van der Waals surface area (Å²) >= 11 is 1.67. The SMILES string of the molecule is CCOc1cc(C=Nc2sc3c(c2C#N)CC[C@@H](C(C)(C)C)C3)ccc1OCc1ccc2ccccc2c1. The van der Waals surface area contributed by atoms with Gasteiger partial charge < -0.3 is 9.47 Å². The summed E-state index contributed by atoms with van der Waals surface area (Å²) in [4.78, 5) is 6.09. The zero-order valence-electron chi connectivity index (χ0n) is 22.6. The van der Waals surface area contributed by atoms with Crippen LogP contribution in [-0.4, -0.2) is 12.8 Å². The summed E-state index contributed by atoms with van der Waals surface area (Å²) in [5.74, 6) is 2.03. The molecule has 38 heavy (non-hydrogen) atoms. The zero-order chi connectivity index (χ0) is 26.7. The second kappa shape index (κ2) is 11.0. The van der Waals surface area contributed by atoms with Crippen molar-refractivity contribution in [1.29, 1.82) is 5.26 Å². The van der Waals surface area contributed by atoms with E-state index >= 15 is 0 Å². The smallest absolute Gasteiger partial charge is 0.161 e. The van der Waals surface area contributed by atoms with Gasteiger partial charge in [-0.25, -0.2) is 4.99 Å². The van der Waals surface area contributed by atoms with E-state index in [0.717, 1.165) is 41.0 Å². The van der Waals surface area contributed by atoms with Crippen LogP contribution in [0.1, 0.15) is 61.2 Å². The molecule has 0 spiro atoms. The number of nitriles is 1. The lowest BCUT2D eigenvalue weighted by Gasteiger charge is -2.33. The number of aliphatic imine (C=N–C) groups is 1. The summed E-state index contributed by atoms with van der Waals surface area (Å²) in [7, 11) is 0. The van der Waals surface area contributed by atoms with Gasteiger partial charge in [0.1, 0.15) is 17.7 Å². The molecule has 4 nitrogen and oxygen atoms in total. The maximum atomic E-state index is 9.89. The molecule has 0 bridgehead atoms. The van der Waals surface area contributed by atoms with Gasteiger partial charge in [0, 0.05) is 11.1 Å². The van der Waals surface area contributed by atoms with Crippen molar-refractivity contribution < 1.29 is 9.47 Å². The Hall–Kier alpha value is -3.62. The maximum Gasteiger partial charge on any atom is 0.161 e. The molecule has 0 radical (unpaired) electrons. The standard InChI is InChI=1S/C33H34N2O2S/c1-5-36-30-17-22(11-15-29(30)37-21-23-10-12-24-8-6-7-9-25(24)16-23)20-35-32-28(19-34)27-14-13-26(33(2,3)4)18-31(27)38-32/h6-12,15-17,20,26H,5,13-14,18,21H2,1-4H3/t26-/m1/s1. The van der Waals surface area contributed by atoms with Gasteiger partial charge in [-0.15, -0.1) is 11.3 Å². The van der Waals surface area contributed by atoms with E-state index in [2.05, 4.69) is 57.2 Å². The first-order valence-electron chi connectivity index (χ1n) is 13.3. The minimum Gasteiger partial charge on any atom is -0.490 e. The van der Waals surface area contributed by atoms with E-state index in [0.29, 0.717) is 30.6 Å². The molecule has 0 fully saturated rings. The molecule has 5 heteroatoms. The average Bonchev–Trinajstić information content (AvgIpc) is 3.27. The molecule has 0 unspecified atom stereocenters. The Morgan fingerprint density at radius 2 is 1.84 bits per heavy atom. The van der Waals surface area contributed by atoms with Crippen LogP contribution < -0.4 is 9.47 Å². The number of fused-ring (bicyclic) bond motifs is 2. The number of nitrogens with zero attached hydrogens (tertiary/aromatic N) is 2. The van der Waals surface area contributed by atoms with Crippen LogP contribution in [-0.2, 0) is 19.4 Å². The molecule has 0 aliphatic heterocycles. The third-order valence-electron chi connectivity index (χ3n) is 7.39. The number of ether oxygens (including phenoxy) is 2. The molecule has 194 valence electrons. The lowest BCUT2D eigenvalue weighted by Crippen LogP contribution is -2.26. The van der Waals surface area contributed by atoms with E-state index in [1.165, 1.54) is 21.2 Å². The molecule has 1 aromatic heterocycles. The van der Waals surface area contributed by atoms with Gasteiger partial charge in [0.25, 0.3) is 0 Å². The van der Waals surface area contributed by atoms with Crippen molar-refractivity contribution in [2.75, 3.05) is 6.61 Å². The molecule has 0 saturated carbocycles. The minimum atomic E-state index is 0.270. The first-order chi connectivity index (χ1) is 18.4. The second-order valence-electron chi connectivity index (χ2n) is 11.0. The van der Waals surface area contributed by atoms with Gasteiger partial charge in [0.15, 0.2) is 11.5 Å². The summed E-state index contributed by atoms with van der Waals surface area (Å²) in [5, 5.41) is 13.1. The highest BCUT2D eigenvalue weighted by molar-refractivity contribution is 7.16. The van der Waals surface area contributed by atoms with Crippen molar-refractivity contribution in [2.24, 2.45) is 16.3 Å². The molecule has 1 aliphatic carbocycles. The van der Waals surface area contributed by atoms with Crippen LogP contribution in [0.4, 0.5) is 5.00 Å². The monoisotopic (exact) mass is 522 g/mol. The molecule has 1 aliphatic rings. The van der Waals surface area contributed by atoms with Crippen molar-refractivity contribution >= 4 is 33.3 Å². The summed E-state index contributed by atoms with van der Waals surface area (Å²) in [6.07, 6.45) is 4.95. The highest BCUT2D eigenvalue weighted by Crippen LogP contribution is 2.45. The summed E-state index contributed by atoms with van der Waals surface area (Å²) < 4.78 is 12.1. The Balaban J connectivity index is 1.34. The molecular formula is C33H34N2O2S. The maximum absolute atomic E-state index is 9.89. The lowest BCUT2D eigenvalue weighted by molar-refractivity contribution is 0.218. The highest BCUT2D eigenvalue weighted by atomic mass is 32.1. The third-order valence-corrected chi connectivity index (χ3v) is 8.55. The van der Waals surface area contributed by atoms with Crippen molar-refractivity contribution in [2.45, 2.75) is 53.6 Å². The van der Waals surface area contributed by atoms with Crippen LogP contribution in [0.25, 0.3) is 10.8 Å². The Labute approximate surface area is 229 Å². The summed E-state index contributed by atoms with van der Waals surface area (Å²) in [6, 6.07) is 23.0. The van der Waals surface area contributed by atoms with Gasteiger partial charge in [-0.05, 0) is 89.2 Å². The van der Waals surface area contributed by atoms with Gasteiger partial charge in [-0.2, -0.15) is 5.26 Å². The molecule has 5 rings (SSSR count). The van der Waals surface area contributed by atoms with Crippen LogP contribution in [0.3, 0.4) is 0 Å². The van der Waals surface area contributed by atoms with Crippen LogP contribution in [0, 0.1) is 22.7 Å². The summed E-state index contributed by atoms with van der Waals surface area (Å²) in [5.41, 5.74) is 4.24. The topological polar surface area (TPSA) is 54.6 Å². The molecule has 0 N–H and O–H groups in total. The number of benzene rings is 3. The summed E-state index contributed by atoms with van der Waals surface area (Å²) in [6.45, 7) is 9.90. The van der Waals surface area contributed by atoms with Gasteiger partial charge >= 0.3 is 0 Å². The van der Waals surface area contributed by atoms with Crippen molar-refractivity contribution in [3.05, 3.63) is 87.8 Å². The molecule has 0 amide bonds. The van der Waals surface area contributed by atoms with Crippen LogP contribution >= 0.6 is 11.3 Å². The second-order valence-corrected chi connectivity index (χ2v) is 12.1. The average molecular weight is 523 g/mol. The highest BCUT2D eigenvalue weighted by Gasteiger charge is 2.32. The fraction of sp³-hybridized carbons (Fsp3) is 0.333. The van der Waals surface area contributed by atoms with E-state index in [-0.39, 0.29) is 5.41 Å². The van der Waals surface area contributed by atoms with E-state index in [9.17, 15) is 5.26 Å². The fourth-order valence-corrected chi connectivity index (χ4v) is 6.35. The zero-order valence-corrected chi connectivity index (χ0v) is 23.4. The predicted molar refractivity (Wildman–Crippen MR) is 157 cm³/mol. The van der Waals surface area contributed by atoms with Gasteiger partial charge in [-0.1, -0.05) is 57.2 Å². The lowest BCUT2D eigenvalue weighted by atomic mass is 9.72. The Kier molecular flexibility index (Phi) is 7.53. The van der Waals surface area contributed by atoms with Gasteiger partial charge in [-0.3, -0.25) is 0 Å². The molecule has 1 heterocycles. The number of hydrogen-bond donors (Lipinski definition) is 0. The molecule has 4 aromatic rings.